The molecule has 0 saturated carbocycles. The number of rotatable bonds is 5. The van der Waals surface area contributed by atoms with Crippen molar-refractivity contribution in [2.75, 3.05) is 62.2 Å². The topological polar surface area (TPSA) is 55.8 Å². The van der Waals surface area contributed by atoms with Gasteiger partial charge in [-0.15, -0.1) is 0 Å². The van der Waals surface area contributed by atoms with E-state index in [4.69, 9.17) is 4.98 Å². The molecule has 3 heterocycles. The van der Waals surface area contributed by atoms with E-state index in [1.54, 1.807) is 4.90 Å². The Morgan fingerprint density at radius 2 is 1.56 bits per heavy atom. The lowest BCUT2D eigenvalue weighted by Gasteiger charge is -2.36. The third-order valence-electron chi connectivity index (χ3n) is 5.32. The Kier molecular flexibility index (Phi) is 5.48. The zero-order chi connectivity index (χ0) is 18.5. The molecule has 2 aliphatic rings. The number of hydrogen-bond donors (Lipinski definition) is 0. The van der Waals surface area contributed by atoms with E-state index in [0.29, 0.717) is 0 Å². The van der Waals surface area contributed by atoms with Gasteiger partial charge in [0, 0.05) is 65.1 Å². The minimum absolute atomic E-state index is 0.731. The maximum atomic E-state index is 10.9. The number of anilines is 2. The maximum absolute atomic E-state index is 10.9. The standard InChI is InChI=1S/C20H26N6O/c27-17-24-10-14-26(15-11-24)20-21-7-6-19(22-20)25-12-8-23(9-13-25)16-18-4-2-1-3-5-18/h1-7,17H,8-16H2. The fourth-order valence-electron chi connectivity index (χ4n) is 3.67. The largest absolute Gasteiger partial charge is 0.354 e. The van der Waals surface area contributed by atoms with Crippen molar-refractivity contribution >= 4 is 18.2 Å². The zero-order valence-corrected chi connectivity index (χ0v) is 15.6. The Balaban J connectivity index is 1.34. The van der Waals surface area contributed by atoms with Crippen LogP contribution >= 0.6 is 0 Å². The number of aromatic nitrogens is 2. The van der Waals surface area contributed by atoms with Gasteiger partial charge < -0.3 is 14.7 Å². The summed E-state index contributed by atoms with van der Waals surface area (Å²) in [6, 6.07) is 12.6. The Bertz CT molecular complexity index is 739. The van der Waals surface area contributed by atoms with Crippen LogP contribution in [0.4, 0.5) is 11.8 Å². The van der Waals surface area contributed by atoms with Crippen molar-refractivity contribution in [1.29, 1.82) is 0 Å². The molecule has 2 aliphatic heterocycles. The number of piperazine rings is 2. The first kappa shape index (κ1) is 17.7. The van der Waals surface area contributed by atoms with Gasteiger partial charge in [-0.05, 0) is 11.6 Å². The quantitative estimate of drug-likeness (QED) is 0.738. The lowest BCUT2D eigenvalue weighted by molar-refractivity contribution is -0.118. The summed E-state index contributed by atoms with van der Waals surface area (Å²) in [5, 5.41) is 0. The Morgan fingerprint density at radius 3 is 2.26 bits per heavy atom. The van der Waals surface area contributed by atoms with Crippen LogP contribution in [-0.4, -0.2) is 78.5 Å². The normalized spacial score (nSPS) is 18.6. The van der Waals surface area contributed by atoms with Gasteiger partial charge in [0.1, 0.15) is 5.82 Å². The summed E-state index contributed by atoms with van der Waals surface area (Å²) in [6.07, 6.45) is 2.77. The summed E-state index contributed by atoms with van der Waals surface area (Å²) >= 11 is 0. The number of carbonyl (C=O) groups excluding carboxylic acids is 1. The van der Waals surface area contributed by atoms with Crippen LogP contribution in [-0.2, 0) is 11.3 Å². The number of carbonyl (C=O) groups is 1. The predicted octanol–water partition coefficient (Wildman–Crippen LogP) is 1.08. The van der Waals surface area contributed by atoms with Gasteiger partial charge in [-0.3, -0.25) is 9.69 Å². The molecule has 0 atom stereocenters. The molecule has 0 radical (unpaired) electrons. The maximum Gasteiger partial charge on any atom is 0.227 e. The van der Waals surface area contributed by atoms with Crippen LogP contribution in [0.3, 0.4) is 0 Å². The molecule has 0 bridgehead atoms. The first-order valence-corrected chi connectivity index (χ1v) is 9.60. The molecule has 2 fully saturated rings. The Morgan fingerprint density at radius 1 is 0.852 bits per heavy atom. The molecular formula is C20H26N6O. The minimum atomic E-state index is 0.731. The summed E-state index contributed by atoms with van der Waals surface area (Å²) < 4.78 is 0. The first-order chi connectivity index (χ1) is 13.3. The first-order valence-electron chi connectivity index (χ1n) is 9.60. The zero-order valence-electron chi connectivity index (χ0n) is 15.6. The third kappa shape index (κ3) is 4.36. The summed E-state index contributed by atoms with van der Waals surface area (Å²) in [6.45, 7) is 8.05. The second-order valence-electron chi connectivity index (χ2n) is 7.09. The average molecular weight is 366 g/mol. The molecule has 142 valence electrons. The smallest absolute Gasteiger partial charge is 0.227 e. The molecule has 1 aromatic heterocycles. The molecule has 0 unspecified atom stereocenters. The van der Waals surface area contributed by atoms with Gasteiger partial charge in [0.15, 0.2) is 0 Å². The molecule has 2 saturated heterocycles. The predicted molar refractivity (Wildman–Crippen MR) is 106 cm³/mol. The molecule has 7 nitrogen and oxygen atoms in total. The summed E-state index contributed by atoms with van der Waals surface area (Å²) in [7, 11) is 0. The van der Waals surface area contributed by atoms with Crippen molar-refractivity contribution in [2.24, 2.45) is 0 Å². The molecule has 0 spiro atoms. The fourth-order valence-corrected chi connectivity index (χ4v) is 3.67. The van der Waals surface area contributed by atoms with E-state index in [1.807, 2.05) is 12.3 Å². The van der Waals surface area contributed by atoms with Gasteiger partial charge in [-0.25, -0.2) is 4.98 Å². The van der Waals surface area contributed by atoms with Crippen LogP contribution in [0.5, 0.6) is 0 Å². The molecular weight excluding hydrogens is 340 g/mol. The van der Waals surface area contributed by atoms with Gasteiger partial charge >= 0.3 is 0 Å². The van der Waals surface area contributed by atoms with Crippen molar-refractivity contribution < 1.29 is 4.79 Å². The fraction of sp³-hybridized carbons (Fsp3) is 0.450. The number of benzene rings is 1. The second kappa shape index (κ2) is 8.35. The number of amides is 1. The van der Waals surface area contributed by atoms with E-state index < -0.39 is 0 Å². The highest BCUT2D eigenvalue weighted by molar-refractivity contribution is 5.49. The molecule has 2 aromatic rings. The van der Waals surface area contributed by atoms with E-state index >= 15 is 0 Å². The van der Waals surface area contributed by atoms with E-state index in [9.17, 15) is 4.79 Å². The Labute approximate surface area is 160 Å². The van der Waals surface area contributed by atoms with Crippen LogP contribution < -0.4 is 9.80 Å². The van der Waals surface area contributed by atoms with Crippen molar-refractivity contribution in [3.8, 4) is 0 Å². The van der Waals surface area contributed by atoms with Crippen molar-refractivity contribution in [2.45, 2.75) is 6.54 Å². The minimum Gasteiger partial charge on any atom is -0.354 e. The molecule has 1 amide bonds. The van der Waals surface area contributed by atoms with Gasteiger partial charge in [-0.1, -0.05) is 30.3 Å². The van der Waals surface area contributed by atoms with Crippen LogP contribution in [0.1, 0.15) is 5.56 Å². The highest BCUT2D eigenvalue weighted by Crippen LogP contribution is 2.18. The van der Waals surface area contributed by atoms with E-state index in [0.717, 1.165) is 77.1 Å². The van der Waals surface area contributed by atoms with Crippen LogP contribution in [0.15, 0.2) is 42.6 Å². The van der Waals surface area contributed by atoms with Gasteiger partial charge in [-0.2, -0.15) is 4.98 Å². The molecule has 0 N–H and O–H groups in total. The highest BCUT2D eigenvalue weighted by atomic mass is 16.1. The molecule has 7 heteroatoms. The van der Waals surface area contributed by atoms with E-state index in [1.165, 1.54) is 5.56 Å². The molecule has 0 aliphatic carbocycles. The number of hydrogen-bond acceptors (Lipinski definition) is 6. The molecule has 1 aromatic carbocycles. The van der Waals surface area contributed by atoms with Gasteiger partial charge in [0.05, 0.1) is 0 Å². The van der Waals surface area contributed by atoms with Crippen LogP contribution in [0, 0.1) is 0 Å². The second-order valence-corrected chi connectivity index (χ2v) is 7.09. The summed E-state index contributed by atoms with van der Waals surface area (Å²) in [5.41, 5.74) is 1.37. The van der Waals surface area contributed by atoms with Crippen LogP contribution in [0.2, 0.25) is 0 Å². The van der Waals surface area contributed by atoms with E-state index in [2.05, 4.69) is 50.0 Å². The number of nitrogens with zero attached hydrogens (tertiary/aromatic N) is 6. The average Bonchev–Trinajstić information content (AvgIpc) is 2.75. The lowest BCUT2D eigenvalue weighted by atomic mass is 10.2. The monoisotopic (exact) mass is 366 g/mol. The summed E-state index contributed by atoms with van der Waals surface area (Å²) in [4.78, 5) is 28.9. The van der Waals surface area contributed by atoms with E-state index in [-0.39, 0.29) is 0 Å². The van der Waals surface area contributed by atoms with Gasteiger partial charge in [0.2, 0.25) is 12.4 Å². The highest BCUT2D eigenvalue weighted by Gasteiger charge is 2.21. The van der Waals surface area contributed by atoms with Crippen molar-refractivity contribution in [3.05, 3.63) is 48.2 Å². The third-order valence-corrected chi connectivity index (χ3v) is 5.32. The molecule has 27 heavy (non-hydrogen) atoms. The summed E-state index contributed by atoms with van der Waals surface area (Å²) in [5.74, 6) is 1.77. The lowest BCUT2D eigenvalue weighted by Crippen LogP contribution is -2.47. The van der Waals surface area contributed by atoms with Crippen molar-refractivity contribution in [1.82, 2.24) is 19.8 Å². The SMILES string of the molecule is O=CN1CCN(c2nccc(N3CCN(Cc4ccccc4)CC3)n2)CC1. The Hall–Kier alpha value is -2.67. The van der Waals surface area contributed by atoms with Crippen molar-refractivity contribution in [3.63, 3.8) is 0 Å². The molecule has 4 rings (SSSR count). The van der Waals surface area contributed by atoms with Crippen LogP contribution in [0.25, 0.3) is 0 Å². The van der Waals surface area contributed by atoms with Gasteiger partial charge in [0.25, 0.3) is 0 Å².